The maximum absolute atomic E-state index is 3.13. The van der Waals surface area contributed by atoms with Gasteiger partial charge < -0.3 is 5.01 Å². The van der Waals surface area contributed by atoms with E-state index in [-0.39, 0.29) is 0 Å². The van der Waals surface area contributed by atoms with E-state index >= 15 is 0 Å². The Hall–Kier alpha value is -0.540. The summed E-state index contributed by atoms with van der Waals surface area (Å²) < 4.78 is 2.83. The van der Waals surface area contributed by atoms with Crippen molar-refractivity contribution in [3.63, 3.8) is 0 Å². The highest BCUT2D eigenvalue weighted by Crippen LogP contribution is 2.08. The van der Waals surface area contributed by atoms with Gasteiger partial charge in [0.15, 0.2) is 0 Å². The zero-order valence-corrected chi connectivity index (χ0v) is 7.30. The molecule has 54 valence electrons. The molecular weight excluding hydrogens is 192 g/mol. The zero-order valence-electron chi connectivity index (χ0n) is 5.71. The summed E-state index contributed by atoms with van der Waals surface area (Å²) in [6, 6.07) is 10.0. The van der Waals surface area contributed by atoms with Crippen LogP contribution in [0.15, 0.2) is 30.3 Å². The molecule has 0 saturated carbocycles. The van der Waals surface area contributed by atoms with E-state index in [4.69, 9.17) is 0 Å². The van der Waals surface area contributed by atoms with Gasteiger partial charge in [-0.25, -0.2) is 0 Å². The summed E-state index contributed by atoms with van der Waals surface area (Å²) >= 11 is 3.13. The van der Waals surface area contributed by atoms with E-state index in [9.17, 15) is 0 Å². The van der Waals surface area contributed by atoms with Gasteiger partial charge in [-0.2, -0.15) is 4.45 Å². The molecule has 10 heavy (non-hydrogen) atoms. The highest BCUT2D eigenvalue weighted by molar-refractivity contribution is 9.08. The molecule has 0 amide bonds. The molecule has 1 aromatic rings. The largest absolute Gasteiger partial charge is 0.302 e. The third kappa shape index (κ3) is 1.72. The number of rotatable bonds is 2. The lowest BCUT2D eigenvalue weighted by Crippen LogP contribution is -2.25. The topological polar surface area (TPSA) is 15.3 Å². The van der Waals surface area contributed by atoms with Crippen molar-refractivity contribution in [1.29, 1.82) is 0 Å². The van der Waals surface area contributed by atoms with Gasteiger partial charge in [0.25, 0.3) is 0 Å². The van der Waals surface area contributed by atoms with Crippen molar-refractivity contribution in [1.82, 2.24) is 4.45 Å². The van der Waals surface area contributed by atoms with Gasteiger partial charge in [-0.15, -0.1) is 0 Å². The van der Waals surface area contributed by atoms with E-state index in [2.05, 4.69) is 20.6 Å². The summed E-state index contributed by atoms with van der Waals surface area (Å²) in [5.74, 6) is 0. The molecule has 0 bridgehead atoms. The molecule has 1 rings (SSSR count). The molecule has 3 heteroatoms. The van der Waals surface area contributed by atoms with Crippen LogP contribution in [0.5, 0.6) is 0 Å². The summed E-state index contributed by atoms with van der Waals surface area (Å²) in [6.07, 6.45) is 0. The van der Waals surface area contributed by atoms with Crippen LogP contribution in [0.4, 0.5) is 5.69 Å². The maximum atomic E-state index is 3.13. The summed E-state index contributed by atoms with van der Waals surface area (Å²) in [6.45, 7) is 0. The van der Waals surface area contributed by atoms with Gasteiger partial charge >= 0.3 is 0 Å². The van der Waals surface area contributed by atoms with E-state index in [1.807, 2.05) is 42.4 Å². The van der Waals surface area contributed by atoms with E-state index in [1.165, 1.54) is 0 Å². The lowest BCUT2D eigenvalue weighted by molar-refractivity contribution is 0.950. The SMILES string of the molecule is CN(NBr)c1ccccc1. The molecule has 0 saturated heterocycles. The lowest BCUT2D eigenvalue weighted by Gasteiger charge is -2.14. The second-order valence-corrected chi connectivity index (χ2v) is 2.33. The second kappa shape index (κ2) is 3.58. The highest BCUT2D eigenvalue weighted by Gasteiger charge is 1.93. The number of nitrogens with zero attached hydrogens (tertiary/aromatic N) is 1. The minimum absolute atomic E-state index is 1.12. The summed E-state index contributed by atoms with van der Waals surface area (Å²) in [7, 11) is 1.93. The molecule has 0 unspecified atom stereocenters. The molecule has 0 aliphatic carbocycles. The number of hydrazine groups is 1. The predicted octanol–water partition coefficient (Wildman–Crippen LogP) is 1.94. The molecule has 0 radical (unpaired) electrons. The first-order chi connectivity index (χ1) is 4.84. The molecular formula is C7H9BrN2. The molecule has 1 N–H and O–H groups in total. The number of benzene rings is 1. The van der Waals surface area contributed by atoms with E-state index < -0.39 is 0 Å². The molecule has 0 aromatic heterocycles. The van der Waals surface area contributed by atoms with Crippen molar-refractivity contribution in [3.8, 4) is 0 Å². The summed E-state index contributed by atoms with van der Waals surface area (Å²) in [5, 5.41) is 1.88. The standard InChI is InChI=1S/C7H9BrN2/c1-10(9-8)7-5-3-2-4-6-7/h2-6,9H,1H3. The monoisotopic (exact) mass is 200 g/mol. The third-order valence-corrected chi connectivity index (χ3v) is 1.80. The average Bonchev–Trinajstić information content (AvgIpc) is 2.05. The third-order valence-electron chi connectivity index (χ3n) is 1.27. The van der Waals surface area contributed by atoms with Gasteiger partial charge in [0, 0.05) is 23.2 Å². The number of hydrogen-bond acceptors (Lipinski definition) is 2. The van der Waals surface area contributed by atoms with Crippen molar-refractivity contribution < 1.29 is 0 Å². The highest BCUT2D eigenvalue weighted by atomic mass is 79.9. The lowest BCUT2D eigenvalue weighted by atomic mass is 10.3. The molecule has 0 atom stereocenters. The van der Waals surface area contributed by atoms with Crippen LogP contribution < -0.4 is 9.46 Å². The molecule has 0 aliphatic rings. The Bertz CT molecular complexity index is 188. The molecule has 0 fully saturated rings. The molecule has 0 spiro atoms. The predicted molar refractivity (Wildman–Crippen MR) is 46.9 cm³/mol. The molecule has 1 aromatic carbocycles. The minimum atomic E-state index is 1.12. The van der Waals surface area contributed by atoms with Crippen molar-refractivity contribution in [3.05, 3.63) is 30.3 Å². The first-order valence-corrected chi connectivity index (χ1v) is 3.79. The minimum Gasteiger partial charge on any atom is -0.302 e. The first kappa shape index (κ1) is 7.57. The molecule has 2 nitrogen and oxygen atoms in total. The van der Waals surface area contributed by atoms with Crippen LogP contribution in [-0.2, 0) is 0 Å². The van der Waals surface area contributed by atoms with Gasteiger partial charge in [-0.05, 0) is 12.1 Å². The van der Waals surface area contributed by atoms with Crippen molar-refractivity contribution in [2.24, 2.45) is 0 Å². The van der Waals surface area contributed by atoms with Gasteiger partial charge in [-0.1, -0.05) is 18.2 Å². The Balaban J connectivity index is 2.75. The van der Waals surface area contributed by atoms with Gasteiger partial charge in [0.2, 0.25) is 0 Å². The summed E-state index contributed by atoms with van der Waals surface area (Å²) in [4.78, 5) is 0. The Morgan fingerprint density at radius 1 is 1.30 bits per heavy atom. The van der Waals surface area contributed by atoms with Crippen LogP contribution in [0.1, 0.15) is 0 Å². The van der Waals surface area contributed by atoms with E-state index in [1.54, 1.807) is 0 Å². The Morgan fingerprint density at radius 3 is 2.40 bits per heavy atom. The van der Waals surface area contributed by atoms with Crippen LogP contribution in [-0.4, -0.2) is 7.05 Å². The number of hydrogen-bond donors (Lipinski definition) is 1. The van der Waals surface area contributed by atoms with E-state index in [0.29, 0.717) is 0 Å². The average molecular weight is 201 g/mol. The fourth-order valence-corrected chi connectivity index (χ4v) is 0.905. The number of halogens is 1. The normalized spacial score (nSPS) is 9.40. The van der Waals surface area contributed by atoms with Crippen LogP contribution >= 0.6 is 16.1 Å². The zero-order chi connectivity index (χ0) is 7.40. The van der Waals surface area contributed by atoms with Crippen molar-refractivity contribution in [2.75, 3.05) is 12.1 Å². The van der Waals surface area contributed by atoms with Crippen LogP contribution in [0, 0.1) is 0 Å². The quantitative estimate of drug-likeness (QED) is 0.581. The number of para-hydroxylation sites is 1. The maximum Gasteiger partial charge on any atom is 0.0525 e. The van der Waals surface area contributed by atoms with Gasteiger partial charge in [0.1, 0.15) is 0 Å². The first-order valence-electron chi connectivity index (χ1n) is 2.99. The fraction of sp³-hybridized carbons (Fsp3) is 0.143. The van der Waals surface area contributed by atoms with Crippen LogP contribution in [0.3, 0.4) is 0 Å². The van der Waals surface area contributed by atoms with Crippen LogP contribution in [0.2, 0.25) is 0 Å². The van der Waals surface area contributed by atoms with Gasteiger partial charge in [0.05, 0.1) is 5.69 Å². The van der Waals surface area contributed by atoms with Crippen molar-refractivity contribution in [2.45, 2.75) is 0 Å². The Morgan fingerprint density at radius 2 is 1.90 bits per heavy atom. The van der Waals surface area contributed by atoms with E-state index in [0.717, 1.165) is 5.69 Å². The second-order valence-electron chi connectivity index (χ2n) is 1.98. The number of anilines is 1. The Labute approximate surface area is 69.2 Å². The fourth-order valence-electron chi connectivity index (χ4n) is 0.700. The van der Waals surface area contributed by atoms with Crippen LogP contribution in [0.25, 0.3) is 0 Å². The molecule has 0 aliphatic heterocycles. The van der Waals surface area contributed by atoms with Gasteiger partial charge in [-0.3, -0.25) is 0 Å². The van der Waals surface area contributed by atoms with Crippen molar-refractivity contribution >= 4 is 21.8 Å². The molecule has 0 heterocycles. The smallest absolute Gasteiger partial charge is 0.0525 e. The number of nitrogens with one attached hydrogen (secondary N) is 1. The summed E-state index contributed by atoms with van der Waals surface area (Å²) in [5.41, 5.74) is 1.12. The Kier molecular flexibility index (Phi) is 2.71.